The zero-order valence-corrected chi connectivity index (χ0v) is 23.3. The minimum Gasteiger partial charge on any atom is -0.272 e. The first-order chi connectivity index (χ1) is 20.3. The van der Waals surface area contributed by atoms with E-state index in [1.165, 1.54) is 18.2 Å². The lowest BCUT2D eigenvalue weighted by molar-refractivity contribution is -0.384. The maximum atomic E-state index is 14.4. The Morgan fingerprint density at radius 2 is 1.31 bits per heavy atom. The van der Waals surface area contributed by atoms with Crippen molar-refractivity contribution in [2.24, 2.45) is 11.8 Å². The molecule has 8 nitrogen and oxygen atoms in total. The molecule has 1 heterocycles. The van der Waals surface area contributed by atoms with E-state index in [-0.39, 0.29) is 34.7 Å². The summed E-state index contributed by atoms with van der Waals surface area (Å²) in [5.74, 6) is -3.82. The molecule has 0 unspecified atom stereocenters. The molecule has 3 amide bonds. The van der Waals surface area contributed by atoms with Crippen LogP contribution in [0, 0.1) is 22.0 Å². The van der Waals surface area contributed by atoms with E-state index in [4.69, 9.17) is 23.2 Å². The van der Waals surface area contributed by atoms with Gasteiger partial charge in [-0.25, -0.2) is 5.01 Å². The second kappa shape index (κ2) is 9.79. The van der Waals surface area contributed by atoms with Crippen molar-refractivity contribution in [2.45, 2.75) is 18.4 Å². The maximum absolute atomic E-state index is 14.4. The predicted octanol–water partition coefficient (Wildman–Crippen LogP) is 6.35. The molecule has 8 rings (SSSR count). The molecule has 10 heteroatoms. The van der Waals surface area contributed by atoms with Gasteiger partial charge in [0.2, 0.25) is 0 Å². The van der Waals surface area contributed by atoms with Gasteiger partial charge in [0.05, 0.1) is 33.3 Å². The quantitative estimate of drug-likeness (QED) is 0.151. The molecule has 1 saturated heterocycles. The number of nitro benzene ring substituents is 1. The zero-order chi connectivity index (χ0) is 29.3. The standard InChI is InChI=1S/C32H21Cl2N3O5/c33-24-13-12-17(14-25(24)34)16-35(30(38)18-6-5-7-19(15-18)37(41)42)36-31(39)28-26-20-8-1-2-9-21(20)27(29(28)32(36)40)23-11-4-3-10-22(23)26/h1-15,26-29H,16H2/t26?,27?,28-,29-/m0/s1. The highest BCUT2D eigenvalue weighted by Gasteiger charge is 2.63. The SMILES string of the molecule is O=C(c1cccc([N+](=O)[O-])c1)N(Cc1ccc(Cl)c(Cl)c1)N1C(=O)[C@H]2C3c4ccccc4C(c4ccccc43)[C@@H]2C1=O. The maximum Gasteiger partial charge on any atom is 0.273 e. The van der Waals surface area contributed by atoms with E-state index in [9.17, 15) is 24.5 Å². The summed E-state index contributed by atoms with van der Waals surface area (Å²) in [6.45, 7) is -0.190. The van der Waals surface area contributed by atoms with E-state index in [1.54, 1.807) is 18.2 Å². The van der Waals surface area contributed by atoms with E-state index < -0.39 is 34.5 Å². The number of halogens is 2. The van der Waals surface area contributed by atoms with Crippen LogP contribution in [0.3, 0.4) is 0 Å². The van der Waals surface area contributed by atoms with Crippen LogP contribution in [-0.4, -0.2) is 32.7 Å². The molecule has 42 heavy (non-hydrogen) atoms. The van der Waals surface area contributed by atoms with E-state index >= 15 is 0 Å². The summed E-state index contributed by atoms with van der Waals surface area (Å²) in [4.78, 5) is 53.7. The van der Waals surface area contributed by atoms with Gasteiger partial charge < -0.3 is 0 Å². The summed E-state index contributed by atoms with van der Waals surface area (Å²) in [6, 6.07) is 25.7. The molecule has 4 aromatic carbocycles. The number of rotatable bonds is 5. The van der Waals surface area contributed by atoms with Gasteiger partial charge in [0.1, 0.15) is 0 Å². The number of non-ortho nitro benzene ring substituents is 1. The van der Waals surface area contributed by atoms with Gasteiger partial charge in [-0.3, -0.25) is 24.5 Å². The molecule has 1 fully saturated rings. The second-order valence-corrected chi connectivity index (χ2v) is 11.5. The Bertz CT molecular complexity index is 1730. The number of hydrogen-bond acceptors (Lipinski definition) is 5. The molecule has 0 saturated carbocycles. The van der Waals surface area contributed by atoms with Crippen LogP contribution in [-0.2, 0) is 16.1 Å². The van der Waals surface area contributed by atoms with E-state index in [1.807, 2.05) is 48.5 Å². The van der Waals surface area contributed by atoms with Crippen LogP contribution in [0.5, 0.6) is 0 Å². The van der Waals surface area contributed by atoms with Gasteiger partial charge in [-0.2, -0.15) is 5.01 Å². The molecule has 3 aliphatic carbocycles. The monoisotopic (exact) mass is 597 g/mol. The van der Waals surface area contributed by atoms with Gasteiger partial charge in [-0.1, -0.05) is 83.9 Å². The van der Waals surface area contributed by atoms with Gasteiger partial charge in [-0.15, -0.1) is 0 Å². The van der Waals surface area contributed by atoms with Gasteiger partial charge in [0.25, 0.3) is 23.4 Å². The highest BCUT2D eigenvalue weighted by Crippen LogP contribution is 2.61. The molecule has 0 aromatic heterocycles. The van der Waals surface area contributed by atoms with Crippen LogP contribution in [0.2, 0.25) is 10.0 Å². The van der Waals surface area contributed by atoms with Crippen LogP contribution < -0.4 is 0 Å². The van der Waals surface area contributed by atoms with Crippen molar-refractivity contribution < 1.29 is 19.3 Å². The molecule has 0 N–H and O–H groups in total. The third-order valence-corrected chi connectivity index (χ3v) is 9.26. The van der Waals surface area contributed by atoms with Gasteiger partial charge in [0.15, 0.2) is 0 Å². The lowest BCUT2D eigenvalue weighted by atomic mass is 9.55. The molecular formula is C32H21Cl2N3O5. The smallest absolute Gasteiger partial charge is 0.272 e. The molecule has 2 atom stereocenters. The van der Waals surface area contributed by atoms with Gasteiger partial charge in [0, 0.05) is 29.5 Å². The topological polar surface area (TPSA) is 101 Å². The minimum absolute atomic E-state index is 0.0331. The highest BCUT2D eigenvalue weighted by atomic mass is 35.5. The van der Waals surface area contributed by atoms with Crippen LogP contribution in [0.15, 0.2) is 91.0 Å². The van der Waals surface area contributed by atoms with E-state index in [0.29, 0.717) is 10.6 Å². The number of nitrogens with zero attached hydrogens (tertiary/aromatic N) is 3. The fourth-order valence-electron chi connectivity index (χ4n) is 6.85. The van der Waals surface area contributed by atoms with Crippen LogP contribution >= 0.6 is 23.2 Å². The summed E-state index contributed by atoms with van der Waals surface area (Å²) in [5.41, 5.74) is 4.23. The summed E-state index contributed by atoms with van der Waals surface area (Å²) in [7, 11) is 0. The van der Waals surface area contributed by atoms with Crippen LogP contribution in [0.4, 0.5) is 5.69 Å². The second-order valence-electron chi connectivity index (χ2n) is 10.7. The third-order valence-electron chi connectivity index (χ3n) is 8.52. The van der Waals surface area contributed by atoms with Crippen molar-refractivity contribution in [3.63, 3.8) is 0 Å². The largest absolute Gasteiger partial charge is 0.273 e. The molecular weight excluding hydrogens is 577 g/mol. The number of amides is 3. The third kappa shape index (κ3) is 3.86. The number of hydrazine groups is 1. The van der Waals surface area contributed by atoms with Crippen molar-refractivity contribution in [3.05, 3.63) is 145 Å². The fraction of sp³-hybridized carbons (Fsp3) is 0.156. The zero-order valence-electron chi connectivity index (χ0n) is 21.8. The average Bonchev–Trinajstić information content (AvgIpc) is 3.27. The highest BCUT2D eigenvalue weighted by molar-refractivity contribution is 6.42. The van der Waals surface area contributed by atoms with Crippen molar-refractivity contribution >= 4 is 46.6 Å². The molecule has 2 bridgehead atoms. The molecule has 4 aromatic rings. The van der Waals surface area contributed by atoms with Crippen molar-refractivity contribution in [3.8, 4) is 0 Å². The lowest BCUT2D eigenvalue weighted by Gasteiger charge is -2.45. The first-order valence-corrected chi connectivity index (χ1v) is 14.1. The fourth-order valence-corrected chi connectivity index (χ4v) is 7.17. The van der Waals surface area contributed by atoms with E-state index in [0.717, 1.165) is 38.3 Å². The summed E-state index contributed by atoms with van der Waals surface area (Å²) >= 11 is 12.4. The first-order valence-electron chi connectivity index (χ1n) is 13.3. The van der Waals surface area contributed by atoms with Crippen LogP contribution in [0.25, 0.3) is 0 Å². The minimum atomic E-state index is -0.729. The molecule has 1 aliphatic heterocycles. The summed E-state index contributed by atoms with van der Waals surface area (Å²) < 4.78 is 0. The Kier molecular flexibility index (Phi) is 6.15. The van der Waals surface area contributed by atoms with Crippen molar-refractivity contribution in [1.29, 1.82) is 0 Å². The summed E-state index contributed by atoms with van der Waals surface area (Å²) in [6.07, 6.45) is 0. The average molecular weight is 598 g/mol. The molecule has 0 spiro atoms. The molecule has 0 radical (unpaired) electrons. The Morgan fingerprint density at radius 1 is 0.762 bits per heavy atom. The molecule has 208 valence electrons. The van der Waals surface area contributed by atoms with Crippen molar-refractivity contribution in [2.75, 3.05) is 0 Å². The Hall–Kier alpha value is -4.53. The van der Waals surface area contributed by atoms with Gasteiger partial charge >= 0.3 is 0 Å². The Morgan fingerprint density at radius 3 is 1.81 bits per heavy atom. The van der Waals surface area contributed by atoms with Gasteiger partial charge in [-0.05, 0) is 46.0 Å². The number of imide groups is 1. The first kappa shape index (κ1) is 26.4. The number of benzene rings is 4. The van der Waals surface area contributed by atoms with E-state index in [2.05, 4.69) is 0 Å². The Balaban J connectivity index is 1.35. The number of hydrogen-bond donors (Lipinski definition) is 0. The normalized spacial score (nSPS) is 21.5. The number of nitro groups is 1. The molecule has 4 aliphatic rings. The predicted molar refractivity (Wildman–Crippen MR) is 155 cm³/mol. The van der Waals surface area contributed by atoms with Crippen LogP contribution in [0.1, 0.15) is 50.0 Å². The number of carbonyl (C=O) groups is 3. The lowest BCUT2D eigenvalue weighted by Crippen LogP contribution is -2.50. The summed E-state index contributed by atoms with van der Waals surface area (Å²) in [5, 5.41) is 14.1. The Labute approximate surface area is 250 Å². The van der Waals surface area contributed by atoms with Crippen molar-refractivity contribution in [1.82, 2.24) is 10.0 Å². The number of carbonyl (C=O) groups excluding carboxylic acids is 3.